The normalized spacial score (nSPS) is 27.8. The lowest BCUT2D eigenvalue weighted by molar-refractivity contribution is -0.113. The lowest BCUT2D eigenvalue weighted by atomic mass is 9.81. The number of hydrogen-bond acceptors (Lipinski definition) is 4. The van der Waals surface area contributed by atoms with Crippen LogP contribution in [0.5, 0.6) is 0 Å². The van der Waals surface area contributed by atoms with Crippen molar-refractivity contribution >= 4 is 11.3 Å². The van der Waals surface area contributed by atoms with Crippen LogP contribution < -0.4 is 0 Å². The molecule has 106 valence electrons. The second-order valence-electron chi connectivity index (χ2n) is 6.12. The summed E-state index contributed by atoms with van der Waals surface area (Å²) in [6, 6.07) is 0. The minimum Gasteiger partial charge on any atom is -0.387 e. The maximum Gasteiger partial charge on any atom is 0.0930 e. The summed E-state index contributed by atoms with van der Waals surface area (Å²) >= 11 is 1.65. The summed E-state index contributed by atoms with van der Waals surface area (Å²) in [7, 11) is 0. The highest BCUT2D eigenvalue weighted by atomic mass is 32.1. The number of nitrogens with zero attached hydrogens (tertiary/aromatic N) is 1. The second-order valence-corrected chi connectivity index (χ2v) is 7.35. The summed E-state index contributed by atoms with van der Waals surface area (Å²) in [5, 5.41) is 11.7. The first-order valence-corrected chi connectivity index (χ1v) is 8.17. The van der Waals surface area contributed by atoms with Crippen LogP contribution in [0, 0.1) is 19.8 Å². The quantitative estimate of drug-likeness (QED) is 0.901. The molecule has 2 fully saturated rings. The van der Waals surface area contributed by atoms with Crippen molar-refractivity contribution in [2.24, 2.45) is 5.92 Å². The van der Waals surface area contributed by atoms with Crippen LogP contribution in [-0.2, 0) is 4.74 Å². The zero-order chi connectivity index (χ0) is 13.5. The Morgan fingerprint density at radius 2 is 2.11 bits per heavy atom. The van der Waals surface area contributed by atoms with Gasteiger partial charge in [-0.3, -0.25) is 0 Å². The van der Waals surface area contributed by atoms with Gasteiger partial charge in [-0.1, -0.05) is 12.8 Å². The van der Waals surface area contributed by atoms with E-state index in [2.05, 4.69) is 4.98 Å². The van der Waals surface area contributed by atoms with Crippen molar-refractivity contribution in [1.82, 2.24) is 4.98 Å². The minimum absolute atomic E-state index is 0.0809. The molecule has 2 atom stereocenters. The van der Waals surface area contributed by atoms with Crippen molar-refractivity contribution in [3.63, 3.8) is 0 Å². The molecular formula is C15H23NO2S. The topological polar surface area (TPSA) is 42.4 Å². The Kier molecular flexibility index (Phi) is 3.67. The summed E-state index contributed by atoms with van der Waals surface area (Å²) in [5.74, 6) is 0.338. The predicted molar refractivity (Wildman–Crippen MR) is 76.4 cm³/mol. The van der Waals surface area contributed by atoms with Gasteiger partial charge in [-0.15, -0.1) is 11.3 Å². The number of rotatable bonds is 2. The Hall–Kier alpha value is -0.450. The molecule has 1 aliphatic heterocycles. The van der Waals surface area contributed by atoms with Crippen molar-refractivity contribution in [3.8, 4) is 0 Å². The van der Waals surface area contributed by atoms with E-state index in [1.807, 2.05) is 13.8 Å². The number of thiazole rings is 1. The second kappa shape index (κ2) is 5.15. The Morgan fingerprint density at radius 1 is 1.37 bits per heavy atom. The van der Waals surface area contributed by atoms with Gasteiger partial charge in [0, 0.05) is 6.61 Å². The predicted octanol–water partition coefficient (Wildman–Crippen LogP) is 3.53. The minimum atomic E-state index is -0.354. The molecule has 0 amide bonds. The van der Waals surface area contributed by atoms with Crippen LogP contribution in [-0.4, -0.2) is 22.3 Å². The molecule has 1 aromatic rings. The van der Waals surface area contributed by atoms with Gasteiger partial charge < -0.3 is 9.84 Å². The fourth-order valence-corrected chi connectivity index (χ4v) is 4.75. The number of aromatic nitrogens is 1. The van der Waals surface area contributed by atoms with E-state index >= 15 is 0 Å². The van der Waals surface area contributed by atoms with E-state index in [1.165, 1.54) is 25.7 Å². The lowest BCUT2D eigenvalue weighted by Crippen LogP contribution is -2.39. The SMILES string of the molecule is Cc1nc(C)c(C(O)C2CCOC3(CCCC3)C2)s1. The number of aliphatic hydroxyl groups is 1. The van der Waals surface area contributed by atoms with E-state index in [0.29, 0.717) is 5.92 Å². The molecule has 0 radical (unpaired) electrons. The molecule has 1 aliphatic carbocycles. The molecule has 1 N–H and O–H groups in total. The van der Waals surface area contributed by atoms with E-state index in [9.17, 15) is 5.11 Å². The summed E-state index contributed by atoms with van der Waals surface area (Å²) in [6.07, 6.45) is 6.55. The van der Waals surface area contributed by atoms with Crippen LogP contribution in [0.15, 0.2) is 0 Å². The van der Waals surface area contributed by atoms with Crippen LogP contribution in [0.2, 0.25) is 0 Å². The van der Waals surface area contributed by atoms with Gasteiger partial charge in [0.1, 0.15) is 0 Å². The van der Waals surface area contributed by atoms with Crippen LogP contribution in [0.4, 0.5) is 0 Å². The zero-order valence-electron chi connectivity index (χ0n) is 11.8. The third-order valence-corrected chi connectivity index (χ3v) is 5.84. The van der Waals surface area contributed by atoms with Gasteiger partial charge in [0.15, 0.2) is 0 Å². The molecule has 1 saturated carbocycles. The third-order valence-electron chi connectivity index (χ3n) is 4.70. The Morgan fingerprint density at radius 3 is 2.74 bits per heavy atom. The molecule has 3 nitrogen and oxygen atoms in total. The van der Waals surface area contributed by atoms with E-state index in [4.69, 9.17) is 4.74 Å². The standard InChI is InChI=1S/C15H23NO2S/c1-10-14(19-11(2)16-10)13(17)12-5-8-18-15(9-12)6-3-4-7-15/h12-13,17H,3-9H2,1-2H3. The van der Waals surface area contributed by atoms with Crippen LogP contribution in [0.1, 0.15) is 60.2 Å². The van der Waals surface area contributed by atoms with Crippen LogP contribution in [0.3, 0.4) is 0 Å². The third kappa shape index (κ3) is 2.58. The van der Waals surface area contributed by atoms with Gasteiger partial charge in [0.2, 0.25) is 0 Å². The Labute approximate surface area is 119 Å². The van der Waals surface area contributed by atoms with Crippen molar-refractivity contribution in [2.75, 3.05) is 6.61 Å². The van der Waals surface area contributed by atoms with E-state index in [-0.39, 0.29) is 11.7 Å². The average molecular weight is 281 g/mol. The van der Waals surface area contributed by atoms with Gasteiger partial charge in [-0.25, -0.2) is 4.98 Å². The highest BCUT2D eigenvalue weighted by Gasteiger charge is 2.42. The van der Waals surface area contributed by atoms with Gasteiger partial charge in [0.25, 0.3) is 0 Å². The van der Waals surface area contributed by atoms with Crippen molar-refractivity contribution in [3.05, 3.63) is 15.6 Å². The summed E-state index contributed by atoms with van der Waals surface area (Å²) < 4.78 is 6.05. The van der Waals surface area contributed by atoms with Crippen molar-refractivity contribution in [2.45, 2.75) is 64.1 Å². The maximum atomic E-state index is 10.7. The molecule has 2 heterocycles. The van der Waals surface area contributed by atoms with Crippen LogP contribution >= 0.6 is 11.3 Å². The van der Waals surface area contributed by atoms with Gasteiger partial charge >= 0.3 is 0 Å². The highest BCUT2D eigenvalue weighted by Crippen LogP contribution is 2.46. The van der Waals surface area contributed by atoms with E-state index < -0.39 is 0 Å². The maximum absolute atomic E-state index is 10.7. The monoisotopic (exact) mass is 281 g/mol. The average Bonchev–Trinajstić information content (AvgIpc) is 2.96. The molecule has 19 heavy (non-hydrogen) atoms. The van der Waals surface area contributed by atoms with Crippen LogP contribution in [0.25, 0.3) is 0 Å². The van der Waals surface area contributed by atoms with Crippen molar-refractivity contribution < 1.29 is 9.84 Å². The van der Waals surface area contributed by atoms with Gasteiger partial charge in [0.05, 0.1) is 27.3 Å². The molecule has 3 rings (SSSR count). The smallest absolute Gasteiger partial charge is 0.0930 e. The lowest BCUT2D eigenvalue weighted by Gasteiger charge is -2.39. The largest absolute Gasteiger partial charge is 0.387 e. The highest BCUT2D eigenvalue weighted by molar-refractivity contribution is 7.11. The first-order valence-electron chi connectivity index (χ1n) is 7.36. The molecule has 4 heteroatoms. The summed E-state index contributed by atoms with van der Waals surface area (Å²) in [5.41, 5.74) is 1.08. The fraction of sp³-hybridized carbons (Fsp3) is 0.800. The summed E-state index contributed by atoms with van der Waals surface area (Å²) in [6.45, 7) is 4.82. The molecular weight excluding hydrogens is 258 g/mol. The molecule has 1 spiro atoms. The van der Waals surface area contributed by atoms with Gasteiger partial charge in [-0.05, 0) is 45.4 Å². The molecule has 2 aliphatic rings. The molecule has 0 aromatic carbocycles. The number of aryl methyl sites for hydroxylation is 2. The van der Waals surface area contributed by atoms with E-state index in [0.717, 1.165) is 35.0 Å². The fourth-order valence-electron chi connectivity index (χ4n) is 3.74. The Balaban J connectivity index is 1.76. The first kappa shape index (κ1) is 13.5. The van der Waals surface area contributed by atoms with E-state index in [1.54, 1.807) is 11.3 Å². The van der Waals surface area contributed by atoms with Crippen molar-refractivity contribution in [1.29, 1.82) is 0 Å². The number of ether oxygens (including phenoxy) is 1. The molecule has 2 unspecified atom stereocenters. The molecule has 1 saturated heterocycles. The number of aliphatic hydroxyl groups excluding tert-OH is 1. The Bertz CT molecular complexity index is 451. The number of hydrogen-bond donors (Lipinski definition) is 1. The van der Waals surface area contributed by atoms with Gasteiger partial charge in [-0.2, -0.15) is 0 Å². The molecule has 0 bridgehead atoms. The first-order chi connectivity index (χ1) is 9.10. The summed E-state index contributed by atoms with van der Waals surface area (Å²) in [4.78, 5) is 5.51. The molecule has 1 aromatic heterocycles. The zero-order valence-corrected chi connectivity index (χ0v) is 12.6.